The van der Waals surface area contributed by atoms with E-state index in [0.29, 0.717) is 58.5 Å². The quantitative estimate of drug-likeness (QED) is 0.136. The summed E-state index contributed by atoms with van der Waals surface area (Å²) in [6, 6.07) is 16.9. The number of piperazine rings is 1. The highest BCUT2D eigenvalue weighted by Crippen LogP contribution is 2.52. The van der Waals surface area contributed by atoms with E-state index in [4.69, 9.17) is 9.97 Å². The predicted molar refractivity (Wildman–Crippen MR) is 238 cm³/mol. The van der Waals surface area contributed by atoms with Crippen LogP contribution in [0.25, 0.3) is 16.9 Å². The molecule has 64 heavy (non-hydrogen) atoms. The Morgan fingerprint density at radius 3 is 2.44 bits per heavy atom. The number of nitrogens with one attached hydrogen (secondary N) is 2. The lowest BCUT2D eigenvalue weighted by Crippen LogP contribution is -2.68. The Kier molecular flexibility index (Phi) is 9.36. The lowest BCUT2D eigenvalue weighted by atomic mass is 9.60. The van der Waals surface area contributed by atoms with Gasteiger partial charge in [0, 0.05) is 74.7 Å². The number of aliphatic hydroxyl groups is 1. The van der Waals surface area contributed by atoms with Gasteiger partial charge in [0.05, 0.1) is 29.1 Å². The molecule has 17 nitrogen and oxygen atoms in total. The van der Waals surface area contributed by atoms with E-state index in [1.165, 1.54) is 10.9 Å². The summed E-state index contributed by atoms with van der Waals surface area (Å²) in [5.74, 6) is -1.11. The Morgan fingerprint density at radius 1 is 0.922 bits per heavy atom. The number of hydrogen-bond acceptors (Lipinski definition) is 13. The number of pyridine rings is 1. The third-order valence-corrected chi connectivity index (χ3v) is 14.5. The molecule has 5 aromatic rings. The maximum absolute atomic E-state index is 13.7. The standard InChI is InChI=1S/C47H49N11O6/c1-3-18-56-42(61)33-25-48-45(52-40(33)58(56)36-14-8-28-16-17-47(64,4-2)39(28)50-36)49-29-9-11-30(12-10-29)53-19-21-54(22-20-53)31-23-46(24-31)26-55(27-46)34-7-5-6-32-38(34)44(63)57(43(32)62)35-13-15-37(59)51-41(35)60/h3,5-12,14,25,31,35,64H,1,4,13,15-24,26-27H2,2H3,(H,48,49,52)(H,51,59,60)/t35?,47-/m1/s1. The summed E-state index contributed by atoms with van der Waals surface area (Å²) in [6.07, 6.45) is 7.50. The molecule has 17 heteroatoms. The van der Waals surface area contributed by atoms with Crippen LogP contribution in [0.5, 0.6) is 0 Å². The van der Waals surface area contributed by atoms with Crippen LogP contribution in [0, 0.1) is 5.41 Å². The monoisotopic (exact) mass is 863 g/mol. The van der Waals surface area contributed by atoms with Gasteiger partial charge < -0.3 is 20.2 Å². The molecule has 1 spiro atoms. The van der Waals surface area contributed by atoms with E-state index in [0.717, 1.165) is 86.1 Å². The number of aromatic nitrogens is 5. The van der Waals surface area contributed by atoms with Crippen LogP contribution in [0.4, 0.5) is 23.0 Å². The first-order valence-corrected chi connectivity index (χ1v) is 22.2. The second-order valence-electron chi connectivity index (χ2n) is 18.2. The van der Waals surface area contributed by atoms with Gasteiger partial charge in [0.2, 0.25) is 17.8 Å². The highest BCUT2D eigenvalue weighted by Gasteiger charge is 2.55. The van der Waals surface area contributed by atoms with Gasteiger partial charge in [-0.3, -0.25) is 39.1 Å². The zero-order valence-electron chi connectivity index (χ0n) is 35.6. The third-order valence-electron chi connectivity index (χ3n) is 14.5. The van der Waals surface area contributed by atoms with E-state index < -0.39 is 35.3 Å². The van der Waals surface area contributed by atoms with Crippen LogP contribution >= 0.6 is 0 Å². The number of imide groups is 2. The van der Waals surface area contributed by atoms with Crippen LogP contribution in [0.15, 0.2) is 78.2 Å². The van der Waals surface area contributed by atoms with Gasteiger partial charge in [0.15, 0.2) is 11.5 Å². The normalized spacial score (nSPS) is 23.0. The van der Waals surface area contributed by atoms with E-state index in [1.807, 2.05) is 37.3 Å². The van der Waals surface area contributed by atoms with Crippen LogP contribution in [0.2, 0.25) is 0 Å². The Hall–Kier alpha value is -6.72. The summed E-state index contributed by atoms with van der Waals surface area (Å²) in [4.78, 5) is 87.3. The highest BCUT2D eigenvalue weighted by molar-refractivity contribution is 6.25. The van der Waals surface area contributed by atoms with Crippen molar-refractivity contribution in [3.63, 3.8) is 0 Å². The van der Waals surface area contributed by atoms with Crippen LogP contribution in [0.1, 0.15) is 77.4 Å². The number of rotatable bonds is 10. The molecular formula is C47H49N11O6. The average molecular weight is 864 g/mol. The number of allylic oxidation sites excluding steroid dienone is 1. The molecule has 0 radical (unpaired) electrons. The minimum atomic E-state index is -1.01. The van der Waals surface area contributed by atoms with Crippen molar-refractivity contribution in [1.29, 1.82) is 0 Å². The van der Waals surface area contributed by atoms with Crippen molar-refractivity contribution in [3.05, 3.63) is 106 Å². The van der Waals surface area contributed by atoms with Crippen LogP contribution in [-0.2, 0) is 28.2 Å². The first-order chi connectivity index (χ1) is 31.0. The summed E-state index contributed by atoms with van der Waals surface area (Å²) in [7, 11) is 0. The summed E-state index contributed by atoms with van der Waals surface area (Å²) in [5, 5.41) is 17.2. The van der Waals surface area contributed by atoms with E-state index in [-0.39, 0.29) is 30.4 Å². The number of amides is 4. The van der Waals surface area contributed by atoms with E-state index in [9.17, 15) is 29.1 Å². The van der Waals surface area contributed by atoms with Crippen LogP contribution in [-0.4, -0.2) is 114 Å². The van der Waals surface area contributed by atoms with Gasteiger partial charge in [-0.05, 0) is 86.6 Å². The molecule has 6 aliphatic rings. The van der Waals surface area contributed by atoms with Gasteiger partial charge in [-0.25, -0.2) is 19.3 Å². The minimum Gasteiger partial charge on any atom is -0.384 e. The molecule has 1 saturated carbocycles. The van der Waals surface area contributed by atoms with E-state index in [1.54, 1.807) is 22.9 Å². The molecule has 3 N–H and O–H groups in total. The lowest BCUT2D eigenvalue weighted by molar-refractivity contribution is -0.136. The smallest absolute Gasteiger partial charge is 0.278 e. The van der Waals surface area contributed by atoms with Crippen molar-refractivity contribution >= 4 is 57.7 Å². The summed E-state index contributed by atoms with van der Waals surface area (Å²) in [6.45, 7) is 11.4. The number of anilines is 4. The molecule has 3 aromatic heterocycles. The fourth-order valence-corrected chi connectivity index (χ4v) is 11.0. The molecule has 1 unspecified atom stereocenters. The molecule has 2 aromatic carbocycles. The molecule has 2 aliphatic carbocycles. The highest BCUT2D eigenvalue weighted by atomic mass is 16.3. The molecule has 3 saturated heterocycles. The number of carbonyl (C=O) groups is 4. The van der Waals surface area contributed by atoms with Crippen molar-refractivity contribution in [2.45, 2.75) is 76.1 Å². The fourth-order valence-electron chi connectivity index (χ4n) is 11.0. The molecular weight excluding hydrogens is 815 g/mol. The predicted octanol–water partition coefficient (Wildman–Crippen LogP) is 3.64. The summed E-state index contributed by atoms with van der Waals surface area (Å²) < 4.78 is 3.23. The molecule has 4 amide bonds. The van der Waals surface area contributed by atoms with E-state index in [2.05, 4.69) is 49.0 Å². The van der Waals surface area contributed by atoms with Gasteiger partial charge in [0.25, 0.3) is 17.4 Å². The van der Waals surface area contributed by atoms with Crippen molar-refractivity contribution in [1.82, 2.24) is 39.4 Å². The lowest BCUT2D eigenvalue weighted by Gasteiger charge is -2.62. The summed E-state index contributed by atoms with van der Waals surface area (Å²) in [5.41, 5.74) is 4.34. The fraction of sp³-hybridized carbons (Fsp3) is 0.404. The largest absolute Gasteiger partial charge is 0.384 e. The third kappa shape index (κ3) is 6.34. The maximum atomic E-state index is 13.7. The Labute approximate surface area is 368 Å². The number of nitrogens with zero attached hydrogens (tertiary/aromatic N) is 9. The second kappa shape index (κ2) is 14.9. The molecule has 0 bridgehead atoms. The van der Waals surface area contributed by atoms with Crippen LogP contribution < -0.4 is 26.0 Å². The molecule has 4 aliphatic heterocycles. The number of aryl methyl sites for hydroxylation is 1. The van der Waals surface area contributed by atoms with Gasteiger partial charge in [-0.15, -0.1) is 6.58 Å². The van der Waals surface area contributed by atoms with Crippen LogP contribution in [0.3, 0.4) is 0 Å². The zero-order chi connectivity index (χ0) is 44.1. The first kappa shape index (κ1) is 40.1. The van der Waals surface area contributed by atoms with Crippen molar-refractivity contribution in [3.8, 4) is 5.82 Å². The van der Waals surface area contributed by atoms with Gasteiger partial charge in [0.1, 0.15) is 17.0 Å². The molecule has 2 atom stereocenters. The maximum Gasteiger partial charge on any atom is 0.278 e. The van der Waals surface area contributed by atoms with Crippen molar-refractivity contribution < 1.29 is 24.3 Å². The molecule has 11 rings (SSSR count). The second-order valence-corrected chi connectivity index (χ2v) is 18.2. The van der Waals surface area contributed by atoms with Crippen molar-refractivity contribution in [2.24, 2.45) is 5.41 Å². The number of hydrogen-bond donors (Lipinski definition) is 3. The van der Waals surface area contributed by atoms with E-state index >= 15 is 0 Å². The van der Waals surface area contributed by atoms with Gasteiger partial charge >= 0.3 is 0 Å². The Morgan fingerprint density at radius 2 is 1.70 bits per heavy atom. The number of fused-ring (bicyclic) bond motifs is 3. The Balaban J connectivity index is 0.708. The zero-order valence-corrected chi connectivity index (χ0v) is 35.6. The first-order valence-electron chi connectivity index (χ1n) is 22.2. The van der Waals surface area contributed by atoms with Gasteiger partial charge in [-0.1, -0.05) is 25.1 Å². The Bertz CT molecular complexity index is 2850. The minimum absolute atomic E-state index is 0.0889. The van der Waals surface area contributed by atoms with Crippen molar-refractivity contribution in [2.75, 3.05) is 54.4 Å². The average Bonchev–Trinajstić information content (AvgIpc) is 3.85. The number of piperidine rings is 1. The number of carbonyl (C=O) groups excluding carboxylic acids is 4. The SMILES string of the molecule is C=CCn1c(=O)c2cnc(Nc3ccc(N4CCN(C5CC6(C5)CN(c5cccc7c5C(=O)N(C5CCC(=O)NC5=O)C7=O)C6)CC4)cc3)nc2n1-c1ccc2c(n1)[C@@](O)(CC)CC2. The molecule has 7 heterocycles. The summed E-state index contributed by atoms with van der Waals surface area (Å²) >= 11 is 0. The topological polar surface area (TPSA) is 191 Å². The van der Waals surface area contributed by atoms with Gasteiger partial charge in [-0.2, -0.15) is 4.98 Å². The molecule has 4 fully saturated rings. The molecule has 328 valence electrons. The number of benzene rings is 2.